The summed E-state index contributed by atoms with van der Waals surface area (Å²) >= 11 is 3.34. The normalized spacial score (nSPS) is 10.1. The van der Waals surface area contributed by atoms with Gasteiger partial charge in [-0.05, 0) is 24.3 Å². The smallest absolute Gasteiger partial charge is 0.273 e. The highest BCUT2D eigenvalue weighted by Gasteiger charge is 2.01. The van der Waals surface area contributed by atoms with Crippen molar-refractivity contribution in [2.75, 3.05) is 12.4 Å². The lowest BCUT2D eigenvalue weighted by molar-refractivity contribution is 0.808. The topological polar surface area (TPSA) is 46.9 Å². The molecule has 16 heavy (non-hydrogen) atoms. The Morgan fingerprint density at radius 2 is 2.00 bits per heavy atom. The fourth-order valence-corrected chi connectivity index (χ4v) is 1.59. The SMILES string of the molecule is CNc1cnn(-c2ccc(Br)cc2)c(=O)c1. The molecule has 0 amide bonds. The Balaban J connectivity index is 2.48. The molecule has 5 heteroatoms. The van der Waals surface area contributed by atoms with Crippen molar-refractivity contribution >= 4 is 21.6 Å². The van der Waals surface area contributed by atoms with E-state index in [0.717, 1.165) is 10.2 Å². The molecule has 0 unspecified atom stereocenters. The first-order chi connectivity index (χ1) is 7.70. The summed E-state index contributed by atoms with van der Waals surface area (Å²) in [5.74, 6) is 0. The zero-order valence-electron chi connectivity index (χ0n) is 8.64. The van der Waals surface area contributed by atoms with Crippen LogP contribution in [-0.4, -0.2) is 16.8 Å². The van der Waals surface area contributed by atoms with Crippen molar-refractivity contribution in [3.05, 3.63) is 51.4 Å². The molecule has 0 radical (unpaired) electrons. The lowest BCUT2D eigenvalue weighted by Gasteiger charge is -2.05. The van der Waals surface area contributed by atoms with E-state index >= 15 is 0 Å². The van der Waals surface area contributed by atoms with Gasteiger partial charge in [-0.1, -0.05) is 15.9 Å². The highest BCUT2D eigenvalue weighted by atomic mass is 79.9. The summed E-state index contributed by atoms with van der Waals surface area (Å²) in [6, 6.07) is 8.91. The molecule has 0 aliphatic rings. The maximum atomic E-state index is 11.7. The predicted octanol–water partition coefficient (Wildman–Crippen LogP) is 2.04. The average molecular weight is 280 g/mol. The molecule has 0 spiro atoms. The van der Waals surface area contributed by atoms with E-state index in [0.29, 0.717) is 5.69 Å². The first-order valence-electron chi connectivity index (χ1n) is 4.74. The van der Waals surface area contributed by atoms with Gasteiger partial charge in [0, 0.05) is 17.6 Å². The second-order valence-corrected chi connectivity index (χ2v) is 4.14. The maximum Gasteiger partial charge on any atom is 0.273 e. The van der Waals surface area contributed by atoms with E-state index in [2.05, 4.69) is 26.3 Å². The van der Waals surface area contributed by atoms with Crippen molar-refractivity contribution in [2.24, 2.45) is 0 Å². The minimum absolute atomic E-state index is 0.158. The molecule has 2 aromatic rings. The van der Waals surface area contributed by atoms with Crippen LogP contribution in [0.25, 0.3) is 5.69 Å². The molecule has 1 N–H and O–H groups in total. The number of anilines is 1. The van der Waals surface area contributed by atoms with Gasteiger partial charge in [0.2, 0.25) is 0 Å². The summed E-state index contributed by atoms with van der Waals surface area (Å²) < 4.78 is 2.32. The van der Waals surface area contributed by atoms with Crippen LogP contribution in [0.2, 0.25) is 0 Å². The number of rotatable bonds is 2. The second kappa shape index (κ2) is 4.49. The van der Waals surface area contributed by atoms with Gasteiger partial charge in [0.1, 0.15) is 0 Å². The summed E-state index contributed by atoms with van der Waals surface area (Å²) in [5, 5.41) is 6.95. The Morgan fingerprint density at radius 1 is 1.31 bits per heavy atom. The molecule has 0 aliphatic carbocycles. The van der Waals surface area contributed by atoms with Gasteiger partial charge >= 0.3 is 0 Å². The van der Waals surface area contributed by atoms with Crippen LogP contribution in [0.15, 0.2) is 45.8 Å². The van der Waals surface area contributed by atoms with E-state index < -0.39 is 0 Å². The fourth-order valence-electron chi connectivity index (χ4n) is 1.32. The molecule has 4 nitrogen and oxygen atoms in total. The van der Waals surface area contributed by atoms with Crippen LogP contribution in [0.5, 0.6) is 0 Å². The van der Waals surface area contributed by atoms with Gasteiger partial charge in [-0.15, -0.1) is 0 Å². The Hall–Kier alpha value is -1.62. The molecular weight excluding hydrogens is 270 g/mol. The molecule has 0 bridgehead atoms. The number of nitrogens with zero attached hydrogens (tertiary/aromatic N) is 2. The molecule has 0 saturated heterocycles. The molecule has 1 aromatic heterocycles. The third kappa shape index (κ3) is 2.14. The average Bonchev–Trinajstić information content (AvgIpc) is 2.30. The van der Waals surface area contributed by atoms with E-state index in [1.54, 1.807) is 13.2 Å². The second-order valence-electron chi connectivity index (χ2n) is 3.22. The van der Waals surface area contributed by atoms with Crippen molar-refractivity contribution in [1.29, 1.82) is 0 Å². The summed E-state index contributed by atoms with van der Waals surface area (Å²) in [6.07, 6.45) is 1.61. The fraction of sp³-hybridized carbons (Fsp3) is 0.0909. The predicted molar refractivity (Wildman–Crippen MR) is 67.1 cm³/mol. The van der Waals surface area contributed by atoms with Gasteiger partial charge in [-0.3, -0.25) is 4.79 Å². The van der Waals surface area contributed by atoms with Crippen LogP contribution in [-0.2, 0) is 0 Å². The van der Waals surface area contributed by atoms with Crippen LogP contribution in [0.4, 0.5) is 5.69 Å². The number of benzene rings is 1. The van der Waals surface area contributed by atoms with Gasteiger partial charge in [0.25, 0.3) is 5.56 Å². The number of aromatic nitrogens is 2. The number of nitrogens with one attached hydrogen (secondary N) is 1. The first kappa shape index (κ1) is 10.9. The highest BCUT2D eigenvalue weighted by molar-refractivity contribution is 9.10. The van der Waals surface area contributed by atoms with Gasteiger partial charge in [-0.2, -0.15) is 9.78 Å². The Kier molecular flexibility index (Phi) is 3.05. The monoisotopic (exact) mass is 279 g/mol. The molecular formula is C11H10BrN3O. The summed E-state index contributed by atoms with van der Waals surface area (Å²) in [6.45, 7) is 0. The Morgan fingerprint density at radius 3 is 2.56 bits per heavy atom. The quantitative estimate of drug-likeness (QED) is 0.915. The minimum Gasteiger partial charge on any atom is -0.387 e. The third-order valence-electron chi connectivity index (χ3n) is 2.16. The Bertz CT molecular complexity index is 548. The van der Waals surface area contributed by atoms with E-state index in [9.17, 15) is 4.79 Å². The van der Waals surface area contributed by atoms with Crippen LogP contribution < -0.4 is 10.9 Å². The summed E-state index contributed by atoms with van der Waals surface area (Å²) in [7, 11) is 1.75. The van der Waals surface area contributed by atoms with E-state index in [-0.39, 0.29) is 5.56 Å². The van der Waals surface area contributed by atoms with Crippen LogP contribution in [0, 0.1) is 0 Å². The standard InChI is InChI=1S/C11H10BrN3O/c1-13-9-6-11(16)15(14-7-9)10-4-2-8(12)3-5-10/h2-7,13H,1H3. The summed E-state index contributed by atoms with van der Waals surface area (Å²) in [4.78, 5) is 11.7. The molecule has 1 aromatic carbocycles. The maximum absolute atomic E-state index is 11.7. The molecule has 0 saturated carbocycles. The lowest BCUT2D eigenvalue weighted by atomic mass is 10.3. The lowest BCUT2D eigenvalue weighted by Crippen LogP contribution is -2.20. The minimum atomic E-state index is -0.158. The van der Waals surface area contributed by atoms with E-state index in [4.69, 9.17) is 0 Å². The number of hydrogen-bond donors (Lipinski definition) is 1. The number of halogens is 1. The third-order valence-corrected chi connectivity index (χ3v) is 2.69. The largest absolute Gasteiger partial charge is 0.387 e. The number of hydrogen-bond acceptors (Lipinski definition) is 3. The molecule has 2 rings (SSSR count). The molecule has 0 aliphatic heterocycles. The van der Waals surface area contributed by atoms with Crippen molar-refractivity contribution in [3.63, 3.8) is 0 Å². The zero-order valence-corrected chi connectivity index (χ0v) is 10.2. The van der Waals surface area contributed by atoms with Gasteiger partial charge < -0.3 is 5.32 Å². The van der Waals surface area contributed by atoms with Crippen LogP contribution in [0.1, 0.15) is 0 Å². The molecule has 0 fully saturated rings. The van der Waals surface area contributed by atoms with Gasteiger partial charge in [0.15, 0.2) is 0 Å². The van der Waals surface area contributed by atoms with Crippen molar-refractivity contribution in [3.8, 4) is 5.69 Å². The van der Waals surface area contributed by atoms with Crippen LogP contribution >= 0.6 is 15.9 Å². The van der Waals surface area contributed by atoms with Gasteiger partial charge in [0.05, 0.1) is 17.6 Å². The Labute approximate surface area is 101 Å². The first-order valence-corrected chi connectivity index (χ1v) is 5.53. The van der Waals surface area contributed by atoms with Crippen LogP contribution in [0.3, 0.4) is 0 Å². The van der Waals surface area contributed by atoms with Crippen molar-refractivity contribution in [2.45, 2.75) is 0 Å². The zero-order chi connectivity index (χ0) is 11.5. The molecule has 1 heterocycles. The van der Waals surface area contributed by atoms with E-state index in [1.165, 1.54) is 10.7 Å². The highest BCUT2D eigenvalue weighted by Crippen LogP contribution is 2.12. The van der Waals surface area contributed by atoms with Crippen molar-refractivity contribution in [1.82, 2.24) is 9.78 Å². The molecule has 82 valence electrons. The van der Waals surface area contributed by atoms with Gasteiger partial charge in [-0.25, -0.2) is 0 Å². The van der Waals surface area contributed by atoms with E-state index in [1.807, 2.05) is 24.3 Å². The van der Waals surface area contributed by atoms with Crippen molar-refractivity contribution < 1.29 is 0 Å². The summed E-state index contributed by atoms with van der Waals surface area (Å²) in [5.41, 5.74) is 1.29. The molecule has 0 atom stereocenters.